The van der Waals surface area contributed by atoms with Crippen molar-refractivity contribution in [3.8, 4) is 0 Å². The SMILES string of the molecule is O=c1ccc(C(F)(F)F)cn1CCCCCCCCCBr. The normalized spacial score (nSPS) is 11.8. The van der Waals surface area contributed by atoms with Gasteiger partial charge in [0.1, 0.15) is 0 Å². The van der Waals surface area contributed by atoms with E-state index in [-0.39, 0.29) is 5.56 Å². The molecule has 0 saturated heterocycles. The first-order valence-electron chi connectivity index (χ1n) is 7.29. The fourth-order valence-electron chi connectivity index (χ4n) is 2.13. The quantitative estimate of drug-likeness (QED) is 0.445. The first-order valence-corrected chi connectivity index (χ1v) is 8.41. The van der Waals surface area contributed by atoms with Gasteiger partial charge >= 0.3 is 6.18 Å². The van der Waals surface area contributed by atoms with Crippen LogP contribution in [0.5, 0.6) is 0 Å². The molecule has 0 atom stereocenters. The molecule has 0 amide bonds. The number of aryl methyl sites for hydroxylation is 1. The van der Waals surface area contributed by atoms with E-state index in [0.29, 0.717) is 6.54 Å². The highest BCUT2D eigenvalue weighted by atomic mass is 79.9. The van der Waals surface area contributed by atoms with Gasteiger partial charge in [-0.15, -0.1) is 0 Å². The van der Waals surface area contributed by atoms with Crippen LogP contribution in [0.15, 0.2) is 23.1 Å². The van der Waals surface area contributed by atoms with E-state index in [9.17, 15) is 18.0 Å². The highest BCUT2D eigenvalue weighted by Gasteiger charge is 2.30. The molecular weight excluding hydrogens is 347 g/mol. The topological polar surface area (TPSA) is 22.0 Å². The molecule has 0 saturated carbocycles. The van der Waals surface area contributed by atoms with E-state index >= 15 is 0 Å². The van der Waals surface area contributed by atoms with E-state index in [0.717, 1.165) is 53.9 Å². The molecule has 120 valence electrons. The molecule has 1 rings (SSSR count). The van der Waals surface area contributed by atoms with Crippen LogP contribution >= 0.6 is 15.9 Å². The van der Waals surface area contributed by atoms with Crippen LogP contribution in [0.4, 0.5) is 13.2 Å². The Hall–Kier alpha value is -0.780. The van der Waals surface area contributed by atoms with E-state index in [4.69, 9.17) is 0 Å². The molecule has 0 fully saturated rings. The number of unbranched alkanes of at least 4 members (excludes halogenated alkanes) is 6. The fourth-order valence-corrected chi connectivity index (χ4v) is 2.53. The second-order valence-corrected chi connectivity index (χ2v) is 5.90. The standard InChI is InChI=1S/C15H21BrF3NO/c16-10-6-4-2-1-3-5-7-11-20-12-13(15(17,18)19)8-9-14(20)21/h8-9,12H,1-7,10-11H2. The molecule has 0 aliphatic carbocycles. The molecule has 0 bridgehead atoms. The number of hydrogen-bond acceptors (Lipinski definition) is 1. The first kappa shape index (κ1) is 18.3. The smallest absolute Gasteiger partial charge is 0.315 e. The monoisotopic (exact) mass is 367 g/mol. The van der Waals surface area contributed by atoms with Gasteiger partial charge in [-0.05, 0) is 18.9 Å². The third-order valence-electron chi connectivity index (χ3n) is 3.34. The molecule has 1 heterocycles. The Morgan fingerprint density at radius 1 is 0.952 bits per heavy atom. The van der Waals surface area contributed by atoms with E-state index in [1.807, 2.05) is 0 Å². The maximum atomic E-state index is 12.6. The fraction of sp³-hybridized carbons (Fsp3) is 0.667. The number of aromatic nitrogens is 1. The molecule has 0 unspecified atom stereocenters. The maximum Gasteiger partial charge on any atom is 0.417 e. The van der Waals surface area contributed by atoms with Crippen molar-refractivity contribution in [2.75, 3.05) is 5.33 Å². The lowest BCUT2D eigenvalue weighted by molar-refractivity contribution is -0.138. The minimum atomic E-state index is -4.40. The predicted octanol–water partition coefficient (Wildman–Crippen LogP) is 4.99. The number of pyridine rings is 1. The maximum absolute atomic E-state index is 12.6. The Labute approximate surface area is 131 Å². The molecule has 21 heavy (non-hydrogen) atoms. The molecular formula is C15H21BrF3NO. The zero-order valence-corrected chi connectivity index (χ0v) is 13.5. The van der Waals surface area contributed by atoms with Crippen LogP contribution in [-0.2, 0) is 12.7 Å². The molecule has 6 heteroatoms. The Balaban J connectivity index is 2.33. The van der Waals surface area contributed by atoms with Crippen molar-refractivity contribution in [3.05, 3.63) is 34.2 Å². The van der Waals surface area contributed by atoms with Crippen molar-refractivity contribution >= 4 is 15.9 Å². The summed E-state index contributed by atoms with van der Waals surface area (Å²) in [6.45, 7) is 0.351. The van der Waals surface area contributed by atoms with E-state index in [2.05, 4.69) is 15.9 Å². The second-order valence-electron chi connectivity index (χ2n) is 5.11. The summed E-state index contributed by atoms with van der Waals surface area (Å²) in [7, 11) is 0. The lowest BCUT2D eigenvalue weighted by Crippen LogP contribution is -2.21. The molecule has 0 spiro atoms. The summed E-state index contributed by atoms with van der Waals surface area (Å²) in [5, 5.41) is 1.03. The van der Waals surface area contributed by atoms with Gasteiger partial charge in [-0.3, -0.25) is 4.79 Å². The van der Waals surface area contributed by atoms with Crippen molar-refractivity contribution in [1.29, 1.82) is 0 Å². The van der Waals surface area contributed by atoms with Crippen molar-refractivity contribution in [1.82, 2.24) is 4.57 Å². The van der Waals surface area contributed by atoms with Gasteiger partial charge in [0.05, 0.1) is 5.56 Å². The molecule has 0 aliphatic heterocycles. The number of alkyl halides is 4. The lowest BCUT2D eigenvalue weighted by atomic mass is 10.1. The van der Waals surface area contributed by atoms with Gasteiger partial charge in [-0.1, -0.05) is 48.0 Å². The summed E-state index contributed by atoms with van der Waals surface area (Å²) < 4.78 is 38.9. The van der Waals surface area contributed by atoms with Gasteiger partial charge in [-0.2, -0.15) is 13.2 Å². The number of rotatable bonds is 9. The Morgan fingerprint density at radius 2 is 1.52 bits per heavy atom. The van der Waals surface area contributed by atoms with Crippen molar-refractivity contribution in [2.24, 2.45) is 0 Å². The third kappa shape index (κ3) is 7.16. The van der Waals surface area contributed by atoms with E-state index in [1.165, 1.54) is 19.3 Å². The van der Waals surface area contributed by atoms with Gasteiger partial charge in [0.25, 0.3) is 5.56 Å². The summed E-state index contributed by atoms with van der Waals surface area (Å²) in [6, 6.07) is 1.83. The van der Waals surface area contributed by atoms with Crippen LogP contribution in [0.2, 0.25) is 0 Å². The highest BCUT2D eigenvalue weighted by Crippen LogP contribution is 2.28. The molecule has 2 nitrogen and oxygen atoms in total. The van der Waals surface area contributed by atoms with Crippen LogP contribution in [-0.4, -0.2) is 9.90 Å². The lowest BCUT2D eigenvalue weighted by Gasteiger charge is -2.10. The Kier molecular flexibility index (Phi) is 8.07. The Bertz CT molecular complexity index is 471. The van der Waals surface area contributed by atoms with Crippen molar-refractivity contribution < 1.29 is 13.2 Å². The van der Waals surface area contributed by atoms with E-state index < -0.39 is 11.7 Å². The van der Waals surface area contributed by atoms with Crippen LogP contribution in [0.25, 0.3) is 0 Å². The van der Waals surface area contributed by atoms with Gasteiger partial charge in [0, 0.05) is 24.1 Å². The summed E-state index contributed by atoms with van der Waals surface area (Å²) in [5.74, 6) is 0. The second kappa shape index (κ2) is 9.28. The van der Waals surface area contributed by atoms with Crippen LogP contribution in [0.1, 0.15) is 50.5 Å². The molecule has 0 radical (unpaired) electrons. The van der Waals surface area contributed by atoms with Gasteiger partial charge < -0.3 is 4.57 Å². The van der Waals surface area contributed by atoms with Gasteiger partial charge in [-0.25, -0.2) is 0 Å². The van der Waals surface area contributed by atoms with Gasteiger partial charge in [0.2, 0.25) is 0 Å². The largest absolute Gasteiger partial charge is 0.417 e. The average molecular weight is 368 g/mol. The number of halogens is 4. The van der Waals surface area contributed by atoms with Crippen LogP contribution in [0, 0.1) is 0 Å². The summed E-state index contributed by atoms with van der Waals surface area (Å²) in [5.41, 5.74) is -1.14. The molecule has 0 N–H and O–H groups in total. The minimum absolute atomic E-state index is 0.351. The molecule has 1 aromatic rings. The van der Waals surface area contributed by atoms with Crippen LogP contribution < -0.4 is 5.56 Å². The first-order chi connectivity index (χ1) is 9.95. The predicted molar refractivity (Wildman–Crippen MR) is 81.8 cm³/mol. The van der Waals surface area contributed by atoms with Crippen molar-refractivity contribution in [3.63, 3.8) is 0 Å². The van der Waals surface area contributed by atoms with Crippen LogP contribution in [0.3, 0.4) is 0 Å². The van der Waals surface area contributed by atoms with Crippen molar-refractivity contribution in [2.45, 2.75) is 57.7 Å². The summed E-state index contributed by atoms with van der Waals surface area (Å²) in [4.78, 5) is 11.5. The third-order valence-corrected chi connectivity index (χ3v) is 3.90. The zero-order chi connectivity index (χ0) is 15.7. The Morgan fingerprint density at radius 3 is 2.10 bits per heavy atom. The average Bonchev–Trinajstić information content (AvgIpc) is 2.42. The molecule has 1 aromatic heterocycles. The molecule has 0 aliphatic rings. The summed E-state index contributed by atoms with van der Waals surface area (Å²) >= 11 is 3.38. The zero-order valence-electron chi connectivity index (χ0n) is 12.0. The van der Waals surface area contributed by atoms with E-state index in [1.54, 1.807) is 0 Å². The number of nitrogens with zero attached hydrogens (tertiary/aromatic N) is 1. The number of hydrogen-bond donors (Lipinski definition) is 0. The highest BCUT2D eigenvalue weighted by molar-refractivity contribution is 9.09. The minimum Gasteiger partial charge on any atom is -0.315 e. The summed E-state index contributed by atoms with van der Waals surface area (Å²) in [6.07, 6.45) is 3.98. The molecule has 0 aromatic carbocycles. The van der Waals surface area contributed by atoms with Gasteiger partial charge in [0.15, 0.2) is 0 Å².